The second-order valence-corrected chi connectivity index (χ2v) is 6.08. The van der Waals surface area contributed by atoms with Crippen LogP contribution in [-0.2, 0) is 11.3 Å². The van der Waals surface area contributed by atoms with Crippen LogP contribution in [0.5, 0.6) is 5.75 Å². The third-order valence-corrected chi connectivity index (χ3v) is 3.97. The molecule has 4 nitrogen and oxygen atoms in total. The van der Waals surface area contributed by atoms with Gasteiger partial charge in [0.2, 0.25) is 0 Å². The van der Waals surface area contributed by atoms with Crippen LogP contribution in [0.15, 0.2) is 24.3 Å². The van der Waals surface area contributed by atoms with Crippen molar-refractivity contribution >= 4 is 5.97 Å². The largest absolute Gasteiger partial charge is 0.491 e. The summed E-state index contributed by atoms with van der Waals surface area (Å²) in [5, 5.41) is 12.5. The van der Waals surface area contributed by atoms with Crippen molar-refractivity contribution in [2.75, 3.05) is 0 Å². The summed E-state index contributed by atoms with van der Waals surface area (Å²) in [5.41, 5.74) is 1.23. The molecule has 0 heterocycles. The molecule has 0 aliphatic heterocycles. The van der Waals surface area contributed by atoms with E-state index in [0.717, 1.165) is 38.0 Å². The Balaban J connectivity index is 1.75. The highest BCUT2D eigenvalue weighted by Gasteiger charge is 2.25. The van der Waals surface area contributed by atoms with Gasteiger partial charge in [-0.3, -0.25) is 4.79 Å². The molecule has 0 spiro atoms. The van der Waals surface area contributed by atoms with Crippen LogP contribution in [0, 0.1) is 5.92 Å². The third kappa shape index (κ3) is 5.05. The van der Waals surface area contributed by atoms with Crippen molar-refractivity contribution in [1.82, 2.24) is 5.32 Å². The zero-order valence-corrected chi connectivity index (χ0v) is 12.8. The highest BCUT2D eigenvalue weighted by atomic mass is 16.5. The average Bonchev–Trinajstić information content (AvgIpc) is 2.46. The third-order valence-electron chi connectivity index (χ3n) is 3.97. The number of carboxylic acid groups (broad SMARTS) is 1. The van der Waals surface area contributed by atoms with E-state index in [0.29, 0.717) is 6.04 Å². The fraction of sp³-hybridized carbons (Fsp3) is 0.588. The van der Waals surface area contributed by atoms with Gasteiger partial charge in [-0.2, -0.15) is 0 Å². The Bertz CT molecular complexity index is 448. The predicted molar refractivity (Wildman–Crippen MR) is 82.4 cm³/mol. The fourth-order valence-corrected chi connectivity index (χ4v) is 2.76. The van der Waals surface area contributed by atoms with Gasteiger partial charge in [0.25, 0.3) is 0 Å². The smallest absolute Gasteiger partial charge is 0.306 e. The predicted octanol–water partition coefficient (Wildman–Crippen LogP) is 3.21. The molecule has 4 heteroatoms. The molecular weight excluding hydrogens is 266 g/mol. The molecule has 0 saturated heterocycles. The Kier molecular flexibility index (Phi) is 5.62. The van der Waals surface area contributed by atoms with Gasteiger partial charge >= 0.3 is 5.97 Å². The van der Waals surface area contributed by atoms with Crippen LogP contribution in [0.2, 0.25) is 0 Å². The molecule has 1 fully saturated rings. The number of hydrogen-bond acceptors (Lipinski definition) is 3. The molecule has 21 heavy (non-hydrogen) atoms. The molecule has 2 N–H and O–H groups in total. The van der Waals surface area contributed by atoms with Crippen LogP contribution in [0.25, 0.3) is 0 Å². The van der Waals surface area contributed by atoms with E-state index in [-0.39, 0.29) is 12.0 Å². The number of ether oxygens (including phenoxy) is 1. The summed E-state index contributed by atoms with van der Waals surface area (Å²) >= 11 is 0. The summed E-state index contributed by atoms with van der Waals surface area (Å²) < 4.78 is 5.62. The Morgan fingerprint density at radius 2 is 1.86 bits per heavy atom. The van der Waals surface area contributed by atoms with Crippen molar-refractivity contribution in [1.29, 1.82) is 0 Å². The van der Waals surface area contributed by atoms with E-state index in [2.05, 4.69) is 17.4 Å². The minimum atomic E-state index is -0.644. The molecule has 0 atom stereocenters. The zero-order valence-electron chi connectivity index (χ0n) is 12.8. The molecule has 0 radical (unpaired) electrons. The molecule has 1 aliphatic carbocycles. The summed E-state index contributed by atoms with van der Waals surface area (Å²) in [7, 11) is 0. The SMILES string of the molecule is CC(C)Oc1ccc(CNC2CCC(C(=O)O)CC2)cc1. The van der Waals surface area contributed by atoms with Crippen molar-refractivity contribution in [3.63, 3.8) is 0 Å². The Morgan fingerprint density at radius 1 is 1.24 bits per heavy atom. The van der Waals surface area contributed by atoms with Gasteiger partial charge in [-0.25, -0.2) is 0 Å². The topological polar surface area (TPSA) is 58.6 Å². The molecule has 116 valence electrons. The second-order valence-electron chi connectivity index (χ2n) is 6.08. The molecule has 1 saturated carbocycles. The maximum atomic E-state index is 10.9. The molecule has 0 aromatic heterocycles. The van der Waals surface area contributed by atoms with Gasteiger partial charge in [-0.1, -0.05) is 12.1 Å². The van der Waals surface area contributed by atoms with Crippen molar-refractivity contribution in [2.45, 2.75) is 58.2 Å². The monoisotopic (exact) mass is 291 g/mol. The normalized spacial score (nSPS) is 22.2. The van der Waals surface area contributed by atoms with Crippen LogP contribution in [0.1, 0.15) is 45.1 Å². The first-order valence-corrected chi connectivity index (χ1v) is 7.76. The first kappa shape index (κ1) is 15.8. The highest BCUT2D eigenvalue weighted by molar-refractivity contribution is 5.70. The lowest BCUT2D eigenvalue weighted by Gasteiger charge is -2.27. The van der Waals surface area contributed by atoms with Crippen molar-refractivity contribution in [3.8, 4) is 5.75 Å². The molecule has 0 unspecified atom stereocenters. The number of carboxylic acids is 1. The number of benzene rings is 1. The molecule has 1 aromatic rings. The van der Waals surface area contributed by atoms with Crippen molar-refractivity contribution in [2.24, 2.45) is 5.92 Å². The van der Waals surface area contributed by atoms with E-state index in [1.807, 2.05) is 26.0 Å². The van der Waals surface area contributed by atoms with E-state index < -0.39 is 5.97 Å². The van der Waals surface area contributed by atoms with Crippen molar-refractivity contribution in [3.05, 3.63) is 29.8 Å². The van der Waals surface area contributed by atoms with E-state index in [1.165, 1.54) is 5.56 Å². The average molecular weight is 291 g/mol. The molecule has 1 aromatic carbocycles. The Labute approximate surface area is 126 Å². The van der Waals surface area contributed by atoms with E-state index >= 15 is 0 Å². The summed E-state index contributed by atoms with van der Waals surface area (Å²) in [6.07, 6.45) is 3.66. The summed E-state index contributed by atoms with van der Waals surface area (Å²) in [5.74, 6) is 0.112. The summed E-state index contributed by atoms with van der Waals surface area (Å²) in [6, 6.07) is 8.59. The van der Waals surface area contributed by atoms with E-state index in [4.69, 9.17) is 9.84 Å². The van der Waals surface area contributed by atoms with Gasteiger partial charge in [0.15, 0.2) is 0 Å². The van der Waals surface area contributed by atoms with Gasteiger partial charge in [0.1, 0.15) is 5.75 Å². The highest BCUT2D eigenvalue weighted by Crippen LogP contribution is 2.24. The standard InChI is InChI=1S/C17H25NO3/c1-12(2)21-16-9-3-13(4-10-16)11-18-15-7-5-14(6-8-15)17(19)20/h3-4,9-10,12,14-15,18H,5-8,11H2,1-2H3,(H,19,20). The molecule has 0 amide bonds. The van der Waals surface area contributed by atoms with Gasteiger partial charge in [-0.05, 0) is 57.2 Å². The van der Waals surface area contributed by atoms with Gasteiger partial charge in [-0.15, -0.1) is 0 Å². The number of nitrogens with one attached hydrogen (secondary N) is 1. The van der Waals surface area contributed by atoms with Crippen LogP contribution in [-0.4, -0.2) is 23.2 Å². The maximum absolute atomic E-state index is 10.9. The van der Waals surface area contributed by atoms with Gasteiger partial charge < -0.3 is 15.2 Å². The number of aliphatic carboxylic acids is 1. The first-order valence-electron chi connectivity index (χ1n) is 7.76. The van der Waals surface area contributed by atoms with Gasteiger partial charge in [0.05, 0.1) is 12.0 Å². The zero-order chi connectivity index (χ0) is 15.2. The number of hydrogen-bond donors (Lipinski definition) is 2. The van der Waals surface area contributed by atoms with Crippen LogP contribution < -0.4 is 10.1 Å². The molecule has 2 rings (SSSR count). The van der Waals surface area contributed by atoms with Crippen molar-refractivity contribution < 1.29 is 14.6 Å². The lowest BCUT2D eigenvalue weighted by Crippen LogP contribution is -2.34. The fourth-order valence-electron chi connectivity index (χ4n) is 2.76. The minimum Gasteiger partial charge on any atom is -0.491 e. The first-order chi connectivity index (χ1) is 10.0. The lowest BCUT2D eigenvalue weighted by atomic mass is 9.86. The second kappa shape index (κ2) is 7.46. The minimum absolute atomic E-state index is 0.143. The van der Waals surface area contributed by atoms with Crippen LogP contribution in [0.3, 0.4) is 0 Å². The summed E-state index contributed by atoms with van der Waals surface area (Å²) in [6.45, 7) is 4.86. The van der Waals surface area contributed by atoms with Crippen LogP contribution >= 0.6 is 0 Å². The molecular formula is C17H25NO3. The molecule has 1 aliphatic rings. The molecule has 0 bridgehead atoms. The number of carbonyl (C=O) groups is 1. The summed E-state index contributed by atoms with van der Waals surface area (Å²) in [4.78, 5) is 10.9. The maximum Gasteiger partial charge on any atom is 0.306 e. The number of rotatable bonds is 6. The van der Waals surface area contributed by atoms with Crippen LogP contribution in [0.4, 0.5) is 0 Å². The Morgan fingerprint density at radius 3 is 2.38 bits per heavy atom. The van der Waals surface area contributed by atoms with E-state index in [9.17, 15) is 4.79 Å². The quantitative estimate of drug-likeness (QED) is 0.845. The van der Waals surface area contributed by atoms with E-state index in [1.54, 1.807) is 0 Å². The van der Waals surface area contributed by atoms with Gasteiger partial charge in [0, 0.05) is 12.6 Å². The lowest BCUT2D eigenvalue weighted by molar-refractivity contribution is -0.142. The Hall–Kier alpha value is -1.55.